The first-order valence-electron chi connectivity index (χ1n) is 7.65. The number of halogens is 4. The number of rotatable bonds is 5. The molecule has 0 aliphatic heterocycles. The topological polar surface area (TPSA) is 80.5 Å². The molecule has 0 radical (unpaired) electrons. The summed E-state index contributed by atoms with van der Waals surface area (Å²) in [4.78, 5) is 0. The van der Waals surface area contributed by atoms with Crippen LogP contribution in [0.4, 0.5) is 17.6 Å². The third-order valence-corrected chi connectivity index (χ3v) is 5.64. The first kappa shape index (κ1) is 19.2. The summed E-state index contributed by atoms with van der Waals surface area (Å²) in [5.41, 5.74) is -0.164. The molecule has 0 N–H and O–H groups in total. The second-order valence-corrected chi connectivity index (χ2v) is 7.35. The zero-order chi connectivity index (χ0) is 19.8. The van der Waals surface area contributed by atoms with E-state index in [-0.39, 0.29) is 9.95 Å². The fraction of sp³-hybridized carbons (Fsp3) is 0.267. The van der Waals surface area contributed by atoms with E-state index in [4.69, 9.17) is 0 Å². The van der Waals surface area contributed by atoms with Crippen molar-refractivity contribution in [2.45, 2.75) is 24.2 Å². The summed E-state index contributed by atoms with van der Waals surface area (Å²) in [6, 6.07) is 3.34. The predicted octanol–water partition coefficient (Wildman–Crippen LogP) is 2.58. The monoisotopic (exact) mass is 403 g/mol. The molecule has 0 aliphatic carbocycles. The van der Waals surface area contributed by atoms with E-state index in [1.54, 1.807) is 0 Å². The summed E-state index contributed by atoms with van der Waals surface area (Å²) in [6.45, 7) is 0.795. The fourth-order valence-electron chi connectivity index (χ4n) is 2.62. The number of aromatic nitrogens is 4. The minimum atomic E-state index is -4.93. The summed E-state index contributed by atoms with van der Waals surface area (Å²) in [6.07, 6.45) is -3.80. The Morgan fingerprint density at radius 2 is 1.81 bits per heavy atom. The highest BCUT2D eigenvalue weighted by Crippen LogP contribution is 2.40. The molecule has 0 fully saturated rings. The Kier molecular flexibility index (Phi) is 4.86. The summed E-state index contributed by atoms with van der Waals surface area (Å²) in [5, 5.41) is 10.4. The smallest absolute Gasteiger partial charge is 0.207 e. The first-order valence-corrected chi connectivity index (χ1v) is 9.09. The molecule has 1 atom stereocenters. The molecule has 0 spiro atoms. The second-order valence-electron chi connectivity index (χ2n) is 5.51. The number of benzene rings is 1. The van der Waals surface area contributed by atoms with Crippen molar-refractivity contribution in [3.05, 3.63) is 54.1 Å². The van der Waals surface area contributed by atoms with Crippen LogP contribution in [0.2, 0.25) is 0 Å². The minimum Gasteiger partial charge on any atom is -0.207 e. The fourth-order valence-corrected chi connectivity index (χ4v) is 4.15. The average molecular weight is 403 g/mol. The van der Waals surface area contributed by atoms with Gasteiger partial charge in [-0.05, 0) is 29.8 Å². The van der Waals surface area contributed by atoms with Crippen molar-refractivity contribution in [3.63, 3.8) is 0 Å². The molecule has 0 amide bonds. The van der Waals surface area contributed by atoms with Crippen molar-refractivity contribution in [1.29, 1.82) is 0 Å². The molecule has 3 aromatic rings. The molecule has 0 saturated carbocycles. The van der Waals surface area contributed by atoms with E-state index in [2.05, 4.69) is 15.3 Å². The van der Waals surface area contributed by atoms with Gasteiger partial charge in [0.05, 0.1) is 0 Å². The molecule has 2 heterocycles. The number of fused-ring (bicyclic) bond motifs is 1. The standard InChI is InChI=1S/C15H13F4N5O2S/c1-2-24(14(15(17,18)19)10-3-5-11(16)6-4-10)27(25,26)13-8-7-12-21-20-9-23(12)22-13/h3-9,14H,2H2,1H3/t14-/m1/s1. The number of hydrogen-bond acceptors (Lipinski definition) is 5. The molecule has 12 heteroatoms. The SMILES string of the molecule is CCN([C@H](c1ccc(F)cc1)C(F)(F)F)S(=O)(=O)c1ccc2nncn2n1. The molecule has 1 aromatic carbocycles. The number of sulfonamides is 1. The maximum absolute atomic E-state index is 13.7. The highest BCUT2D eigenvalue weighted by molar-refractivity contribution is 7.89. The highest BCUT2D eigenvalue weighted by Gasteiger charge is 2.49. The Labute approximate surface area is 151 Å². The van der Waals surface area contributed by atoms with Crippen LogP contribution in [0, 0.1) is 5.82 Å². The Bertz CT molecular complexity index is 1050. The minimum absolute atomic E-state index is 0.239. The number of alkyl halides is 3. The van der Waals surface area contributed by atoms with Gasteiger partial charge in [-0.15, -0.1) is 10.2 Å². The number of hydrogen-bond donors (Lipinski definition) is 0. The lowest BCUT2D eigenvalue weighted by Crippen LogP contribution is -2.42. The highest BCUT2D eigenvalue weighted by atomic mass is 32.2. The Morgan fingerprint density at radius 3 is 2.41 bits per heavy atom. The third kappa shape index (κ3) is 3.62. The van der Waals surface area contributed by atoms with Gasteiger partial charge in [0, 0.05) is 6.54 Å². The molecule has 0 saturated heterocycles. The van der Waals surface area contributed by atoms with E-state index >= 15 is 0 Å². The van der Waals surface area contributed by atoms with E-state index in [1.807, 2.05) is 0 Å². The molecule has 0 unspecified atom stereocenters. The van der Waals surface area contributed by atoms with Gasteiger partial charge in [-0.2, -0.15) is 27.1 Å². The largest absolute Gasteiger partial charge is 0.409 e. The molecule has 0 bridgehead atoms. The molecule has 0 aliphatic rings. The van der Waals surface area contributed by atoms with Crippen molar-refractivity contribution >= 4 is 15.7 Å². The van der Waals surface area contributed by atoms with Crippen molar-refractivity contribution in [2.24, 2.45) is 0 Å². The van der Waals surface area contributed by atoms with Crippen LogP contribution in [0.3, 0.4) is 0 Å². The number of nitrogens with zero attached hydrogens (tertiary/aromatic N) is 5. The molecule has 2 aromatic heterocycles. The second kappa shape index (κ2) is 6.85. The van der Waals surface area contributed by atoms with Crippen molar-refractivity contribution in [3.8, 4) is 0 Å². The summed E-state index contributed by atoms with van der Waals surface area (Å²) >= 11 is 0. The van der Waals surface area contributed by atoms with Gasteiger partial charge in [-0.25, -0.2) is 12.8 Å². The third-order valence-electron chi connectivity index (χ3n) is 3.81. The van der Waals surface area contributed by atoms with E-state index < -0.39 is 45.2 Å². The Hall–Kier alpha value is -2.60. The Morgan fingerprint density at radius 1 is 1.15 bits per heavy atom. The zero-order valence-corrected chi connectivity index (χ0v) is 14.6. The lowest BCUT2D eigenvalue weighted by Gasteiger charge is -2.31. The summed E-state index contributed by atoms with van der Waals surface area (Å²) < 4.78 is 81.5. The van der Waals surface area contributed by atoms with Gasteiger partial charge in [-0.1, -0.05) is 19.1 Å². The molecular formula is C15H13F4N5O2S. The van der Waals surface area contributed by atoms with Gasteiger partial charge >= 0.3 is 6.18 Å². The van der Waals surface area contributed by atoms with Gasteiger partial charge in [0.2, 0.25) is 0 Å². The molecule has 7 nitrogen and oxygen atoms in total. The normalized spacial score (nSPS) is 14.0. The Balaban J connectivity index is 2.11. The van der Waals surface area contributed by atoms with Gasteiger partial charge < -0.3 is 0 Å². The van der Waals surface area contributed by atoms with Gasteiger partial charge in [0.1, 0.15) is 18.2 Å². The summed E-state index contributed by atoms with van der Waals surface area (Å²) in [7, 11) is -4.63. The zero-order valence-electron chi connectivity index (χ0n) is 13.8. The molecule has 27 heavy (non-hydrogen) atoms. The van der Waals surface area contributed by atoms with Crippen molar-refractivity contribution in [1.82, 2.24) is 24.1 Å². The van der Waals surface area contributed by atoms with Gasteiger partial charge in [0.25, 0.3) is 10.0 Å². The van der Waals surface area contributed by atoms with Crippen LogP contribution in [0.15, 0.2) is 47.8 Å². The van der Waals surface area contributed by atoms with Crippen LogP contribution in [0.1, 0.15) is 18.5 Å². The summed E-state index contributed by atoms with van der Waals surface area (Å²) in [5.74, 6) is -0.731. The van der Waals surface area contributed by atoms with Gasteiger partial charge in [0.15, 0.2) is 10.7 Å². The lowest BCUT2D eigenvalue weighted by atomic mass is 10.1. The molecule has 3 rings (SSSR count). The van der Waals surface area contributed by atoms with Gasteiger partial charge in [-0.3, -0.25) is 0 Å². The van der Waals surface area contributed by atoms with E-state index in [0.29, 0.717) is 0 Å². The van der Waals surface area contributed by atoms with Crippen molar-refractivity contribution in [2.75, 3.05) is 6.54 Å². The lowest BCUT2D eigenvalue weighted by molar-refractivity contribution is -0.173. The van der Waals surface area contributed by atoms with E-state index in [1.165, 1.54) is 13.0 Å². The average Bonchev–Trinajstić information content (AvgIpc) is 3.07. The quantitative estimate of drug-likeness (QED) is 0.612. The molecule has 144 valence electrons. The van der Waals surface area contributed by atoms with Crippen LogP contribution in [-0.2, 0) is 10.0 Å². The van der Waals surface area contributed by atoms with Crippen LogP contribution < -0.4 is 0 Å². The predicted molar refractivity (Wildman–Crippen MR) is 85.5 cm³/mol. The van der Waals surface area contributed by atoms with Crippen LogP contribution in [0.25, 0.3) is 5.65 Å². The van der Waals surface area contributed by atoms with Crippen molar-refractivity contribution < 1.29 is 26.0 Å². The van der Waals surface area contributed by atoms with E-state index in [0.717, 1.165) is 41.2 Å². The maximum atomic E-state index is 13.7. The first-order chi connectivity index (χ1) is 12.6. The van der Waals surface area contributed by atoms with E-state index in [9.17, 15) is 26.0 Å². The maximum Gasteiger partial charge on any atom is 0.409 e. The molecular weight excluding hydrogens is 390 g/mol. The van der Waals surface area contributed by atoms with Crippen LogP contribution in [0.5, 0.6) is 0 Å². The van der Waals surface area contributed by atoms with Crippen LogP contribution >= 0.6 is 0 Å². The van der Waals surface area contributed by atoms with Crippen LogP contribution in [-0.4, -0.2) is 45.3 Å².